The molecule has 99 valence electrons. The maximum atomic E-state index is 9.58. The van der Waals surface area contributed by atoms with Crippen molar-refractivity contribution in [1.29, 1.82) is 5.26 Å². The molecule has 1 radical (unpaired) electrons. The van der Waals surface area contributed by atoms with Crippen LogP contribution in [0, 0.1) is 61.3 Å². The van der Waals surface area contributed by atoms with Crippen LogP contribution in [-0.2, 0) is 0 Å². The standard InChI is InChI=1S/C12H20N3O2.Ac/c1-3-4-8-5-9(6-13)15(2)12(8)11(14)10(17)7-16;/h3-4,8-12,14,16-17H,5,7H2,1-2H3;/q-1;/b4-3-;/t8-,9-,10-,11+,12-;/m1./s1. The Morgan fingerprint density at radius 3 is 2.67 bits per heavy atom. The van der Waals surface area contributed by atoms with E-state index in [0.29, 0.717) is 6.42 Å². The van der Waals surface area contributed by atoms with Gasteiger partial charge in [-0.2, -0.15) is 5.26 Å². The van der Waals surface area contributed by atoms with Gasteiger partial charge in [-0.15, -0.1) is 0 Å². The van der Waals surface area contributed by atoms with Gasteiger partial charge >= 0.3 is 0 Å². The van der Waals surface area contributed by atoms with Crippen LogP contribution in [0.3, 0.4) is 0 Å². The minimum absolute atomic E-state index is 0. The summed E-state index contributed by atoms with van der Waals surface area (Å²) in [5, 5.41) is 27.5. The summed E-state index contributed by atoms with van der Waals surface area (Å²) in [7, 11) is 1.80. The van der Waals surface area contributed by atoms with Gasteiger partial charge in [0.15, 0.2) is 0 Å². The Labute approximate surface area is 144 Å². The number of aliphatic hydroxyl groups excluding tert-OH is 2. The molecular weight excluding hydrogens is 445 g/mol. The predicted molar refractivity (Wildman–Crippen MR) is 65.1 cm³/mol. The second-order valence-electron chi connectivity index (χ2n) is 4.50. The van der Waals surface area contributed by atoms with Crippen LogP contribution < -0.4 is 0 Å². The Bertz CT molecular complexity index is 319. The normalized spacial score (nSPS) is 31.9. The number of hydrogen-bond acceptors (Lipinski definition) is 4. The number of nitrogens with zero attached hydrogens (tertiary/aromatic N) is 2. The van der Waals surface area contributed by atoms with E-state index >= 15 is 0 Å². The van der Waals surface area contributed by atoms with E-state index in [1.165, 1.54) is 0 Å². The summed E-state index contributed by atoms with van der Waals surface area (Å²) in [5.41, 5.74) is 7.98. The minimum atomic E-state index is -1.06. The second-order valence-corrected chi connectivity index (χ2v) is 4.50. The molecular formula is C12H20AcN3O2-. The predicted octanol–water partition coefficient (Wildman–Crippen LogP) is 0.549. The molecule has 18 heavy (non-hydrogen) atoms. The monoisotopic (exact) mass is 465 g/mol. The minimum Gasteiger partial charge on any atom is -0.671 e. The molecule has 0 aliphatic carbocycles. The molecule has 0 saturated carbocycles. The molecule has 5 atom stereocenters. The maximum absolute atomic E-state index is 9.58. The quantitative estimate of drug-likeness (QED) is 0.594. The fourth-order valence-corrected chi connectivity index (χ4v) is 2.52. The van der Waals surface area contributed by atoms with Gasteiger partial charge in [-0.1, -0.05) is 18.2 Å². The summed E-state index contributed by atoms with van der Waals surface area (Å²) in [4.78, 5) is 1.83. The fourth-order valence-electron chi connectivity index (χ4n) is 2.52. The van der Waals surface area contributed by atoms with E-state index in [1.807, 2.05) is 24.0 Å². The molecule has 0 aromatic rings. The first-order valence-corrected chi connectivity index (χ1v) is 5.81. The van der Waals surface area contributed by atoms with Gasteiger partial charge in [0.25, 0.3) is 0 Å². The van der Waals surface area contributed by atoms with Crippen molar-refractivity contribution in [3.8, 4) is 6.07 Å². The maximum Gasteiger partial charge on any atom is 0.0983 e. The van der Waals surface area contributed by atoms with Crippen LogP contribution in [0.1, 0.15) is 13.3 Å². The number of nitrogens with one attached hydrogen (secondary N) is 1. The van der Waals surface area contributed by atoms with Crippen molar-refractivity contribution in [2.45, 2.75) is 37.6 Å². The first kappa shape index (κ1) is 18.5. The molecule has 0 bridgehead atoms. The van der Waals surface area contributed by atoms with Crippen molar-refractivity contribution >= 4 is 0 Å². The van der Waals surface area contributed by atoms with Crippen LogP contribution in [0.2, 0.25) is 0 Å². The van der Waals surface area contributed by atoms with E-state index in [2.05, 4.69) is 6.07 Å². The third-order valence-corrected chi connectivity index (χ3v) is 3.45. The van der Waals surface area contributed by atoms with Gasteiger partial charge in [0.2, 0.25) is 0 Å². The molecule has 1 heterocycles. The third-order valence-electron chi connectivity index (χ3n) is 3.45. The van der Waals surface area contributed by atoms with Crippen LogP contribution in [0.4, 0.5) is 0 Å². The third kappa shape index (κ3) is 4.00. The number of likely N-dealkylation sites (N-methyl/N-ethyl adjacent to an activating group) is 1. The van der Waals surface area contributed by atoms with Gasteiger partial charge in [0.05, 0.1) is 24.8 Å². The average Bonchev–Trinajstić information content (AvgIpc) is 2.64. The molecule has 0 aromatic carbocycles. The number of hydrogen-bond donors (Lipinski definition) is 2. The van der Waals surface area contributed by atoms with Gasteiger partial charge in [-0.05, 0) is 26.3 Å². The second kappa shape index (κ2) is 8.64. The summed E-state index contributed by atoms with van der Waals surface area (Å²) < 4.78 is 0. The van der Waals surface area contributed by atoms with Crippen LogP contribution in [0.5, 0.6) is 0 Å². The van der Waals surface area contributed by atoms with E-state index in [4.69, 9.17) is 16.1 Å². The van der Waals surface area contributed by atoms with Crippen molar-refractivity contribution in [3.63, 3.8) is 0 Å². The molecule has 0 aromatic heterocycles. The van der Waals surface area contributed by atoms with Crippen molar-refractivity contribution < 1.29 is 54.3 Å². The molecule has 5 nitrogen and oxygen atoms in total. The first-order valence-electron chi connectivity index (χ1n) is 5.81. The van der Waals surface area contributed by atoms with E-state index in [1.54, 1.807) is 7.05 Å². The van der Waals surface area contributed by atoms with E-state index in [9.17, 15) is 5.11 Å². The summed E-state index contributed by atoms with van der Waals surface area (Å²) in [5.74, 6) is 0.0818. The fraction of sp³-hybridized carbons (Fsp3) is 0.750. The smallest absolute Gasteiger partial charge is 0.0983 e. The van der Waals surface area contributed by atoms with Crippen LogP contribution in [0.15, 0.2) is 12.2 Å². The Kier molecular flexibility index (Phi) is 8.88. The number of likely N-dealkylation sites (tertiary alicyclic amines) is 1. The molecule has 1 saturated heterocycles. The Hall–Kier alpha value is 0.512. The molecule has 0 unspecified atom stereocenters. The SMILES string of the molecule is C/C=C\[C@@H]1C[C@H](C#N)N(C)[C@H]1[C@@H]([NH-])[C@H](O)CO.[Ac]. The summed E-state index contributed by atoms with van der Waals surface area (Å²) in [6.45, 7) is 1.48. The molecule has 1 aliphatic rings. The van der Waals surface area contributed by atoms with Crippen LogP contribution in [0.25, 0.3) is 5.73 Å². The van der Waals surface area contributed by atoms with Crippen molar-refractivity contribution in [2.24, 2.45) is 5.92 Å². The van der Waals surface area contributed by atoms with Crippen molar-refractivity contribution in [2.75, 3.05) is 13.7 Å². The molecule has 3 N–H and O–H groups in total. The summed E-state index contributed by atoms with van der Waals surface area (Å²) in [6.07, 6.45) is 3.50. The topological polar surface area (TPSA) is 91.3 Å². The van der Waals surface area contributed by atoms with Gasteiger partial charge in [-0.3, -0.25) is 4.90 Å². The van der Waals surface area contributed by atoms with Gasteiger partial charge in [0, 0.05) is 50.1 Å². The number of aliphatic hydroxyl groups is 2. The van der Waals surface area contributed by atoms with Crippen LogP contribution >= 0.6 is 0 Å². The van der Waals surface area contributed by atoms with Crippen molar-refractivity contribution in [1.82, 2.24) is 4.90 Å². The zero-order valence-electron chi connectivity index (χ0n) is 10.8. The number of rotatable bonds is 4. The Balaban J connectivity index is 0.00000289. The van der Waals surface area contributed by atoms with Gasteiger partial charge in [0.1, 0.15) is 0 Å². The zero-order chi connectivity index (χ0) is 13.0. The molecule has 1 rings (SSSR count). The summed E-state index contributed by atoms with van der Waals surface area (Å²) in [6, 6.07) is 0.961. The van der Waals surface area contributed by atoms with E-state index in [-0.39, 0.29) is 62.1 Å². The largest absolute Gasteiger partial charge is 0.671 e. The Morgan fingerprint density at radius 2 is 2.22 bits per heavy atom. The average molecular weight is 465 g/mol. The van der Waals surface area contributed by atoms with E-state index < -0.39 is 18.8 Å². The first-order chi connectivity index (χ1) is 8.06. The zero-order valence-corrected chi connectivity index (χ0v) is 15.6. The molecule has 1 fully saturated rings. The number of nitriles is 1. The van der Waals surface area contributed by atoms with Crippen LogP contribution in [-0.4, -0.2) is 53.0 Å². The number of allylic oxidation sites excluding steroid dienone is 1. The molecule has 0 spiro atoms. The summed E-state index contributed by atoms with van der Waals surface area (Å²) >= 11 is 0. The molecule has 6 heteroatoms. The van der Waals surface area contributed by atoms with Gasteiger partial charge in [-0.25, -0.2) is 0 Å². The molecule has 1 aliphatic heterocycles. The molecule has 0 amide bonds. The van der Waals surface area contributed by atoms with Crippen molar-refractivity contribution in [3.05, 3.63) is 17.9 Å². The van der Waals surface area contributed by atoms with Gasteiger partial charge < -0.3 is 15.9 Å². The van der Waals surface area contributed by atoms with E-state index in [0.717, 1.165) is 0 Å². The Morgan fingerprint density at radius 1 is 1.61 bits per heavy atom.